The summed E-state index contributed by atoms with van der Waals surface area (Å²) >= 11 is 0. The van der Waals surface area contributed by atoms with Crippen LogP contribution in [0.3, 0.4) is 0 Å². The van der Waals surface area contributed by atoms with E-state index in [1.807, 2.05) is 0 Å². The molecule has 1 aromatic carbocycles. The van der Waals surface area contributed by atoms with Crippen molar-refractivity contribution in [3.8, 4) is 0 Å². The van der Waals surface area contributed by atoms with Gasteiger partial charge in [0, 0.05) is 6.61 Å². The molecule has 1 rings (SSSR count). The predicted octanol–water partition coefficient (Wildman–Crippen LogP) is 4.40. The Balaban J connectivity index is 2.55. The van der Waals surface area contributed by atoms with E-state index in [2.05, 4.69) is 27.7 Å². The molecule has 0 aromatic heterocycles. The zero-order valence-electron chi connectivity index (χ0n) is 15.3. The SMILES string of the molecule is CC(C)CCOCC[P+](=O)c1ccccc1C(=O)OCCC(C)C. The fourth-order valence-electron chi connectivity index (χ4n) is 2.02. The third-order valence-electron chi connectivity index (χ3n) is 3.60. The molecule has 0 aliphatic heterocycles. The van der Waals surface area contributed by atoms with E-state index in [4.69, 9.17) is 9.47 Å². The molecule has 0 saturated carbocycles. The lowest BCUT2D eigenvalue weighted by Crippen LogP contribution is -2.17. The van der Waals surface area contributed by atoms with Gasteiger partial charge in [-0.3, -0.25) is 0 Å². The van der Waals surface area contributed by atoms with Gasteiger partial charge >= 0.3 is 13.8 Å². The fourth-order valence-corrected chi connectivity index (χ4v) is 3.24. The number of benzene rings is 1. The summed E-state index contributed by atoms with van der Waals surface area (Å²) in [5.74, 6) is 0.683. The highest BCUT2D eigenvalue weighted by molar-refractivity contribution is 7.53. The third-order valence-corrected chi connectivity index (χ3v) is 5.12. The summed E-state index contributed by atoms with van der Waals surface area (Å²) in [6.07, 6.45) is 2.24. The van der Waals surface area contributed by atoms with Crippen molar-refractivity contribution in [2.75, 3.05) is 26.0 Å². The molecular weight excluding hydrogens is 323 g/mol. The number of hydrogen-bond donors (Lipinski definition) is 0. The van der Waals surface area contributed by atoms with Crippen LogP contribution >= 0.6 is 7.80 Å². The highest BCUT2D eigenvalue weighted by atomic mass is 31.1. The number of carbonyl (C=O) groups excluding carboxylic acids is 1. The van der Waals surface area contributed by atoms with Gasteiger partial charge in [0.25, 0.3) is 0 Å². The van der Waals surface area contributed by atoms with Crippen LogP contribution in [-0.4, -0.2) is 32.0 Å². The molecule has 0 aliphatic carbocycles. The molecule has 0 radical (unpaired) electrons. The highest BCUT2D eigenvalue weighted by Gasteiger charge is 2.27. The molecule has 1 unspecified atom stereocenters. The molecule has 0 amide bonds. The summed E-state index contributed by atoms with van der Waals surface area (Å²) in [5.41, 5.74) is 0.407. The van der Waals surface area contributed by atoms with Crippen LogP contribution in [-0.2, 0) is 14.0 Å². The van der Waals surface area contributed by atoms with Crippen molar-refractivity contribution in [2.24, 2.45) is 11.8 Å². The van der Waals surface area contributed by atoms with Crippen molar-refractivity contribution < 1.29 is 18.8 Å². The quantitative estimate of drug-likeness (QED) is 0.336. The summed E-state index contributed by atoms with van der Waals surface area (Å²) < 4.78 is 23.3. The van der Waals surface area contributed by atoms with Gasteiger partial charge < -0.3 is 9.47 Å². The van der Waals surface area contributed by atoms with Gasteiger partial charge in [0.05, 0.1) is 13.2 Å². The second-order valence-corrected chi connectivity index (χ2v) is 8.42. The van der Waals surface area contributed by atoms with Gasteiger partial charge in [-0.2, -0.15) is 0 Å². The number of carbonyl (C=O) groups is 1. The van der Waals surface area contributed by atoms with Gasteiger partial charge in [-0.05, 0) is 36.8 Å². The Labute approximate surface area is 146 Å². The molecular formula is C19H30O4P+. The first-order valence-electron chi connectivity index (χ1n) is 8.70. The van der Waals surface area contributed by atoms with Crippen molar-refractivity contribution in [2.45, 2.75) is 40.5 Å². The van der Waals surface area contributed by atoms with Crippen LogP contribution in [0.1, 0.15) is 50.9 Å². The summed E-state index contributed by atoms with van der Waals surface area (Å²) in [7, 11) is -1.66. The highest BCUT2D eigenvalue weighted by Crippen LogP contribution is 2.22. The van der Waals surface area contributed by atoms with Gasteiger partial charge in [0.1, 0.15) is 5.56 Å². The molecule has 0 N–H and O–H groups in total. The van der Waals surface area contributed by atoms with Gasteiger partial charge in [-0.15, -0.1) is 0 Å². The zero-order chi connectivity index (χ0) is 17.9. The summed E-state index contributed by atoms with van der Waals surface area (Å²) in [6, 6.07) is 6.99. The minimum Gasteiger partial charge on any atom is -0.462 e. The maximum absolute atomic E-state index is 12.5. The van der Waals surface area contributed by atoms with Crippen LogP contribution in [0.15, 0.2) is 24.3 Å². The van der Waals surface area contributed by atoms with Gasteiger partial charge in [-0.1, -0.05) is 44.4 Å². The largest absolute Gasteiger partial charge is 0.462 e. The standard InChI is InChI=1S/C19H30O4P/c1-15(2)9-11-22-13-14-24(21)18-8-6-5-7-17(18)19(20)23-12-10-16(3)4/h5-8,15-16H,9-14H2,1-4H3/q+1. The van der Waals surface area contributed by atoms with Crippen LogP contribution < -0.4 is 5.30 Å². The molecule has 134 valence electrons. The first-order chi connectivity index (χ1) is 11.4. The Kier molecular flexibility index (Phi) is 9.82. The predicted molar refractivity (Wildman–Crippen MR) is 98.6 cm³/mol. The average Bonchev–Trinajstić information content (AvgIpc) is 2.53. The number of rotatable bonds is 11. The van der Waals surface area contributed by atoms with Crippen molar-refractivity contribution in [3.05, 3.63) is 29.8 Å². The van der Waals surface area contributed by atoms with Crippen molar-refractivity contribution in [1.29, 1.82) is 0 Å². The Bertz CT molecular complexity index is 526. The maximum Gasteiger partial charge on any atom is 0.380 e. The molecule has 0 heterocycles. The molecule has 1 atom stereocenters. The minimum atomic E-state index is -1.66. The van der Waals surface area contributed by atoms with E-state index in [-0.39, 0.29) is 0 Å². The maximum atomic E-state index is 12.5. The van der Waals surface area contributed by atoms with Crippen LogP contribution in [0.4, 0.5) is 0 Å². The molecule has 0 spiro atoms. The lowest BCUT2D eigenvalue weighted by atomic mass is 10.1. The van der Waals surface area contributed by atoms with Gasteiger partial charge in [0.15, 0.2) is 6.16 Å². The Morgan fingerprint density at radius 2 is 1.62 bits per heavy atom. The van der Waals surface area contributed by atoms with E-state index in [0.29, 0.717) is 48.7 Å². The minimum absolute atomic E-state index is 0.389. The van der Waals surface area contributed by atoms with Crippen LogP contribution in [0.2, 0.25) is 0 Å². The van der Waals surface area contributed by atoms with Crippen molar-refractivity contribution >= 4 is 19.1 Å². The second-order valence-electron chi connectivity index (χ2n) is 6.73. The monoisotopic (exact) mass is 353 g/mol. The third kappa shape index (κ3) is 8.03. The number of ether oxygens (including phenoxy) is 2. The first kappa shape index (κ1) is 20.8. The van der Waals surface area contributed by atoms with Crippen molar-refractivity contribution in [1.82, 2.24) is 0 Å². The Morgan fingerprint density at radius 3 is 2.29 bits per heavy atom. The molecule has 0 saturated heterocycles. The zero-order valence-corrected chi connectivity index (χ0v) is 16.2. The van der Waals surface area contributed by atoms with Crippen LogP contribution in [0.25, 0.3) is 0 Å². The molecule has 0 fully saturated rings. The number of esters is 1. The summed E-state index contributed by atoms with van der Waals surface area (Å²) in [5, 5.41) is 0.564. The van der Waals surface area contributed by atoms with Crippen molar-refractivity contribution in [3.63, 3.8) is 0 Å². The van der Waals surface area contributed by atoms with E-state index in [9.17, 15) is 9.36 Å². The average molecular weight is 353 g/mol. The lowest BCUT2D eigenvalue weighted by Gasteiger charge is -2.07. The molecule has 24 heavy (non-hydrogen) atoms. The van der Waals surface area contributed by atoms with E-state index in [0.717, 1.165) is 12.8 Å². The molecule has 4 nitrogen and oxygen atoms in total. The van der Waals surface area contributed by atoms with E-state index < -0.39 is 13.8 Å². The fraction of sp³-hybridized carbons (Fsp3) is 0.632. The molecule has 0 bridgehead atoms. The second kappa shape index (κ2) is 11.3. The smallest absolute Gasteiger partial charge is 0.380 e. The lowest BCUT2D eigenvalue weighted by molar-refractivity contribution is 0.0489. The van der Waals surface area contributed by atoms with Gasteiger partial charge in [-0.25, -0.2) is 4.79 Å². The molecule has 1 aromatic rings. The Morgan fingerprint density at radius 1 is 1.00 bits per heavy atom. The van der Waals surface area contributed by atoms with E-state index in [1.54, 1.807) is 24.3 Å². The number of hydrogen-bond acceptors (Lipinski definition) is 4. The first-order valence-corrected chi connectivity index (χ1v) is 10.1. The van der Waals surface area contributed by atoms with E-state index >= 15 is 0 Å². The van der Waals surface area contributed by atoms with Crippen LogP contribution in [0, 0.1) is 11.8 Å². The summed E-state index contributed by atoms with van der Waals surface area (Å²) in [6.45, 7) is 9.96. The summed E-state index contributed by atoms with van der Waals surface area (Å²) in [4.78, 5) is 12.2. The molecule has 0 aliphatic rings. The topological polar surface area (TPSA) is 52.6 Å². The van der Waals surface area contributed by atoms with Gasteiger partial charge in [0.2, 0.25) is 5.30 Å². The van der Waals surface area contributed by atoms with E-state index in [1.165, 1.54) is 0 Å². The van der Waals surface area contributed by atoms with Crippen LogP contribution in [0.5, 0.6) is 0 Å². The normalized spacial score (nSPS) is 11.8. The molecule has 5 heteroatoms. The Hall–Kier alpha value is -1.25.